The Morgan fingerprint density at radius 3 is 1.55 bits per heavy atom. The van der Waals surface area contributed by atoms with Gasteiger partial charge in [-0.05, 0) is 77.0 Å². The first kappa shape index (κ1) is 53.7. The monoisotopic (exact) mass is 804 g/mol. The maximum Gasteiger partial charge on any atom is 0.306 e. The zero-order valence-corrected chi connectivity index (χ0v) is 37.2. The number of esters is 1. The summed E-state index contributed by atoms with van der Waals surface area (Å²) in [5.41, 5.74) is 0. The molecule has 56 heavy (non-hydrogen) atoms. The SMILES string of the molecule is CC/C=C\C/C=C\C/C=C\C/C=C\C/C=C\C/C=C\CCC(=O)OC(COCCCCCCCC/C=C\CCCCCCC)COP(=O)([O-])OCC[N+](C)(C)C. The standard InChI is InChI=1S/C47H82NO7P/c1-6-8-10-12-14-16-18-20-22-23-24-25-26-28-30-32-34-36-38-40-47(49)55-46(45-54-56(50,51)53-43-41-48(3,4)5)44-52-42-39-37-35-33-31-29-27-21-19-17-15-13-11-9-7-2/h8,10,14,16,19-22,24-25,28,30,34,36,46H,6-7,9,11-13,15,17-18,23,26-27,29,31-33,35,37-45H2,1-5H3/b10-8-,16-14-,21-19-,22-20-,25-24-,30-28-,36-34-. The van der Waals surface area contributed by atoms with Crippen molar-refractivity contribution < 1.29 is 37.3 Å². The molecule has 0 rings (SSSR count). The van der Waals surface area contributed by atoms with Crippen LogP contribution in [0.1, 0.15) is 149 Å². The van der Waals surface area contributed by atoms with Gasteiger partial charge < -0.3 is 27.9 Å². The molecule has 0 aliphatic carbocycles. The molecular formula is C47H82NO7P. The highest BCUT2D eigenvalue weighted by Crippen LogP contribution is 2.38. The summed E-state index contributed by atoms with van der Waals surface area (Å²) >= 11 is 0. The number of carbonyl (C=O) groups is 1. The van der Waals surface area contributed by atoms with Crippen LogP contribution in [0.25, 0.3) is 0 Å². The Balaban J connectivity index is 4.41. The average molecular weight is 804 g/mol. The number of quaternary nitrogens is 1. The van der Waals surface area contributed by atoms with E-state index in [1.54, 1.807) is 0 Å². The Kier molecular flexibility index (Phi) is 37.9. The topological polar surface area (TPSA) is 94.1 Å². The first-order chi connectivity index (χ1) is 27.1. The van der Waals surface area contributed by atoms with Crippen LogP contribution in [0.5, 0.6) is 0 Å². The molecule has 0 aromatic rings. The van der Waals surface area contributed by atoms with Crippen molar-refractivity contribution in [3.8, 4) is 0 Å². The number of likely N-dealkylation sites (N-methyl/N-ethyl adjacent to an activating group) is 1. The third-order valence-electron chi connectivity index (χ3n) is 8.69. The molecular weight excluding hydrogens is 721 g/mol. The summed E-state index contributed by atoms with van der Waals surface area (Å²) < 4.78 is 34.5. The van der Waals surface area contributed by atoms with Gasteiger partial charge in [0.2, 0.25) is 0 Å². The van der Waals surface area contributed by atoms with Crippen LogP contribution in [0.2, 0.25) is 0 Å². The highest BCUT2D eigenvalue weighted by molar-refractivity contribution is 7.45. The van der Waals surface area contributed by atoms with Gasteiger partial charge in [0.15, 0.2) is 0 Å². The van der Waals surface area contributed by atoms with Crippen LogP contribution < -0.4 is 4.89 Å². The third-order valence-corrected chi connectivity index (χ3v) is 9.66. The van der Waals surface area contributed by atoms with Crippen molar-refractivity contribution in [2.24, 2.45) is 0 Å². The Labute approximate surface area is 344 Å². The fraction of sp³-hybridized carbons (Fsp3) is 0.681. The van der Waals surface area contributed by atoms with Crippen LogP contribution in [0, 0.1) is 0 Å². The molecule has 0 amide bonds. The molecule has 0 heterocycles. The smallest absolute Gasteiger partial charge is 0.306 e. The summed E-state index contributed by atoms with van der Waals surface area (Å²) in [6.45, 7) is 5.15. The second kappa shape index (κ2) is 39.5. The maximum atomic E-state index is 12.6. The Hall–Kier alpha value is -2.32. The Morgan fingerprint density at radius 1 is 0.571 bits per heavy atom. The lowest BCUT2D eigenvalue weighted by Gasteiger charge is -2.28. The van der Waals surface area contributed by atoms with Gasteiger partial charge in [0.1, 0.15) is 19.3 Å². The summed E-state index contributed by atoms with van der Waals surface area (Å²) in [5, 5.41) is 0. The van der Waals surface area contributed by atoms with E-state index in [0.29, 0.717) is 24.1 Å². The molecule has 0 aliphatic heterocycles. The largest absolute Gasteiger partial charge is 0.756 e. The van der Waals surface area contributed by atoms with E-state index in [1.807, 2.05) is 33.3 Å². The number of hydrogen-bond donors (Lipinski definition) is 0. The number of carbonyl (C=O) groups excluding carboxylic acids is 1. The van der Waals surface area contributed by atoms with Crippen molar-refractivity contribution in [3.63, 3.8) is 0 Å². The van der Waals surface area contributed by atoms with Gasteiger partial charge >= 0.3 is 5.97 Å². The van der Waals surface area contributed by atoms with E-state index in [-0.39, 0.29) is 26.2 Å². The molecule has 0 aromatic heterocycles. The molecule has 322 valence electrons. The van der Waals surface area contributed by atoms with Gasteiger partial charge in [0, 0.05) is 13.0 Å². The summed E-state index contributed by atoms with van der Waals surface area (Å²) in [6, 6.07) is 0. The number of rotatable bonds is 39. The van der Waals surface area contributed by atoms with E-state index in [4.69, 9.17) is 18.5 Å². The molecule has 0 aliphatic rings. The predicted octanol–water partition coefficient (Wildman–Crippen LogP) is 12.2. The minimum Gasteiger partial charge on any atom is -0.756 e. The minimum absolute atomic E-state index is 0.00703. The van der Waals surface area contributed by atoms with E-state index in [0.717, 1.165) is 57.8 Å². The average Bonchev–Trinajstić information content (AvgIpc) is 3.15. The normalized spacial score (nSPS) is 14.6. The highest BCUT2D eigenvalue weighted by atomic mass is 31.2. The number of allylic oxidation sites excluding steroid dienone is 14. The van der Waals surface area contributed by atoms with Crippen LogP contribution in [0.3, 0.4) is 0 Å². The van der Waals surface area contributed by atoms with E-state index >= 15 is 0 Å². The number of phosphoric ester groups is 1. The highest BCUT2D eigenvalue weighted by Gasteiger charge is 2.20. The fourth-order valence-electron chi connectivity index (χ4n) is 5.33. The molecule has 9 heteroatoms. The predicted molar refractivity (Wildman–Crippen MR) is 235 cm³/mol. The molecule has 8 nitrogen and oxygen atoms in total. The van der Waals surface area contributed by atoms with Crippen LogP contribution in [-0.2, 0) is 27.9 Å². The van der Waals surface area contributed by atoms with Crippen LogP contribution >= 0.6 is 7.82 Å². The molecule has 0 saturated carbocycles. The van der Waals surface area contributed by atoms with E-state index < -0.39 is 19.9 Å². The molecule has 0 spiro atoms. The van der Waals surface area contributed by atoms with Gasteiger partial charge in [-0.3, -0.25) is 9.36 Å². The van der Waals surface area contributed by atoms with Gasteiger partial charge in [0.05, 0.1) is 34.4 Å². The summed E-state index contributed by atoms with van der Waals surface area (Å²) in [6.07, 6.45) is 51.8. The van der Waals surface area contributed by atoms with Crippen molar-refractivity contribution in [1.29, 1.82) is 0 Å². The van der Waals surface area contributed by atoms with Crippen molar-refractivity contribution >= 4 is 13.8 Å². The zero-order valence-electron chi connectivity index (χ0n) is 36.3. The van der Waals surface area contributed by atoms with Crippen LogP contribution in [0.4, 0.5) is 0 Å². The third kappa shape index (κ3) is 42.8. The molecule has 0 saturated heterocycles. The Bertz CT molecular complexity index is 1170. The molecule has 0 radical (unpaired) electrons. The molecule has 0 fully saturated rings. The van der Waals surface area contributed by atoms with E-state index in [9.17, 15) is 14.3 Å². The molecule has 0 N–H and O–H groups in total. The molecule has 0 aromatic carbocycles. The second-order valence-corrected chi connectivity index (χ2v) is 16.7. The number of ether oxygens (including phenoxy) is 2. The minimum atomic E-state index is -4.55. The van der Waals surface area contributed by atoms with Gasteiger partial charge in [-0.25, -0.2) is 0 Å². The Morgan fingerprint density at radius 2 is 1.04 bits per heavy atom. The lowest BCUT2D eigenvalue weighted by molar-refractivity contribution is -0.870. The van der Waals surface area contributed by atoms with Crippen LogP contribution in [-0.4, -0.2) is 70.7 Å². The number of phosphoric acid groups is 1. The fourth-order valence-corrected chi connectivity index (χ4v) is 6.06. The van der Waals surface area contributed by atoms with Crippen molar-refractivity contribution in [3.05, 3.63) is 85.1 Å². The number of unbranched alkanes of at least 4 members (excludes halogenated alkanes) is 11. The zero-order chi connectivity index (χ0) is 41.3. The van der Waals surface area contributed by atoms with Crippen molar-refractivity contribution in [2.75, 3.05) is 54.1 Å². The maximum absolute atomic E-state index is 12.6. The summed E-state index contributed by atoms with van der Waals surface area (Å²) in [4.78, 5) is 25.0. The van der Waals surface area contributed by atoms with E-state index in [1.165, 1.54) is 64.2 Å². The van der Waals surface area contributed by atoms with E-state index in [2.05, 4.69) is 86.8 Å². The molecule has 0 bridgehead atoms. The second-order valence-electron chi connectivity index (χ2n) is 15.3. The summed E-state index contributed by atoms with van der Waals surface area (Å²) in [5.74, 6) is -0.421. The van der Waals surface area contributed by atoms with Gasteiger partial charge in [-0.15, -0.1) is 0 Å². The van der Waals surface area contributed by atoms with Gasteiger partial charge in [-0.2, -0.15) is 0 Å². The first-order valence-corrected chi connectivity index (χ1v) is 23.3. The van der Waals surface area contributed by atoms with Crippen molar-refractivity contribution in [2.45, 2.75) is 155 Å². The van der Waals surface area contributed by atoms with Crippen molar-refractivity contribution in [1.82, 2.24) is 0 Å². The summed E-state index contributed by atoms with van der Waals surface area (Å²) in [7, 11) is 1.29. The quantitative estimate of drug-likeness (QED) is 0.0201. The van der Waals surface area contributed by atoms with Crippen LogP contribution in [0.15, 0.2) is 85.1 Å². The number of hydrogen-bond acceptors (Lipinski definition) is 7. The first-order valence-electron chi connectivity index (χ1n) is 21.8. The van der Waals surface area contributed by atoms with Gasteiger partial charge in [-0.1, -0.05) is 150 Å². The number of nitrogens with zero attached hydrogens (tertiary/aromatic N) is 1. The lowest BCUT2D eigenvalue weighted by atomic mass is 10.1. The lowest BCUT2D eigenvalue weighted by Crippen LogP contribution is -2.37. The molecule has 2 atom stereocenters. The molecule has 2 unspecified atom stereocenters. The van der Waals surface area contributed by atoms with Gasteiger partial charge in [0.25, 0.3) is 7.82 Å².